The molecule has 0 aromatic carbocycles. The quantitative estimate of drug-likeness (QED) is 0.382. The highest BCUT2D eigenvalue weighted by molar-refractivity contribution is 5.66. The number of carboxylic acid groups (broad SMARTS) is 1. The normalized spacial score (nSPS) is 15.6. The zero-order valence-corrected chi connectivity index (χ0v) is 7.08. The summed E-state index contributed by atoms with van der Waals surface area (Å²) in [6, 6.07) is 0. The van der Waals surface area contributed by atoms with Gasteiger partial charge in [-0.05, 0) is 6.92 Å². The van der Waals surface area contributed by atoms with Crippen LogP contribution in [0.3, 0.4) is 0 Å². The summed E-state index contributed by atoms with van der Waals surface area (Å²) in [5, 5.41) is 28.8. The molecule has 0 aliphatic rings. The molecule has 0 aliphatic carbocycles. The molecule has 0 radical (unpaired) electrons. The van der Waals surface area contributed by atoms with Crippen LogP contribution in [0.5, 0.6) is 0 Å². The highest BCUT2D eigenvalue weighted by atomic mass is 16.4. The monoisotopic (exact) mass is 177 g/mol. The van der Waals surface area contributed by atoms with E-state index in [-0.39, 0.29) is 19.6 Å². The first-order chi connectivity index (χ1) is 5.48. The average Bonchev–Trinajstić information content (AvgIpc) is 1.98. The Morgan fingerprint density at radius 2 is 2.17 bits per heavy atom. The molecule has 0 saturated carbocycles. The topological polar surface area (TPSA) is 89.8 Å². The van der Waals surface area contributed by atoms with E-state index >= 15 is 0 Å². The highest BCUT2D eigenvalue weighted by Gasteiger charge is 2.17. The van der Waals surface area contributed by atoms with Gasteiger partial charge in [0.1, 0.15) is 0 Å². The van der Waals surface area contributed by atoms with Gasteiger partial charge >= 0.3 is 5.97 Å². The van der Waals surface area contributed by atoms with Crippen molar-refractivity contribution in [3.8, 4) is 0 Å². The van der Waals surface area contributed by atoms with E-state index in [2.05, 4.69) is 5.32 Å². The minimum absolute atomic E-state index is 0.0154. The van der Waals surface area contributed by atoms with E-state index in [1.165, 1.54) is 6.92 Å². The minimum Gasteiger partial charge on any atom is -0.481 e. The lowest BCUT2D eigenvalue weighted by Gasteiger charge is -2.20. The van der Waals surface area contributed by atoms with Gasteiger partial charge in [0, 0.05) is 13.1 Å². The molecule has 0 bridgehead atoms. The first-order valence-electron chi connectivity index (χ1n) is 3.74. The number of carboxylic acids is 1. The maximum Gasteiger partial charge on any atom is 0.304 e. The van der Waals surface area contributed by atoms with E-state index in [1.54, 1.807) is 0 Å². The van der Waals surface area contributed by atoms with Crippen LogP contribution in [0.15, 0.2) is 0 Å². The summed E-state index contributed by atoms with van der Waals surface area (Å²) in [5.41, 5.74) is -1.17. The fourth-order valence-electron chi connectivity index (χ4n) is 0.609. The van der Waals surface area contributed by atoms with Crippen LogP contribution in [-0.2, 0) is 4.79 Å². The Morgan fingerprint density at radius 3 is 2.58 bits per heavy atom. The number of nitrogens with one attached hydrogen (secondary N) is 1. The molecule has 0 amide bonds. The van der Waals surface area contributed by atoms with E-state index < -0.39 is 11.6 Å². The Kier molecular flexibility index (Phi) is 4.80. The third-order valence-electron chi connectivity index (χ3n) is 1.36. The molecule has 0 aromatic rings. The molecule has 4 N–H and O–H groups in total. The fourth-order valence-corrected chi connectivity index (χ4v) is 0.609. The lowest BCUT2D eigenvalue weighted by atomic mass is 10.1. The molecular weight excluding hydrogens is 162 g/mol. The van der Waals surface area contributed by atoms with Gasteiger partial charge in [0.15, 0.2) is 0 Å². The zero-order valence-electron chi connectivity index (χ0n) is 7.08. The van der Waals surface area contributed by atoms with Crippen molar-refractivity contribution in [1.82, 2.24) is 5.32 Å². The molecule has 0 aliphatic heterocycles. The molecule has 0 fully saturated rings. The summed E-state index contributed by atoms with van der Waals surface area (Å²) in [5.74, 6) is -0.883. The number of hydrogen-bond donors (Lipinski definition) is 4. The molecule has 72 valence electrons. The van der Waals surface area contributed by atoms with Crippen molar-refractivity contribution in [1.29, 1.82) is 0 Å². The Bertz CT molecular complexity index is 146. The van der Waals surface area contributed by atoms with Gasteiger partial charge in [-0.1, -0.05) is 0 Å². The molecule has 12 heavy (non-hydrogen) atoms. The maximum absolute atomic E-state index is 10.0. The predicted octanol–water partition coefficient (Wildman–Crippen LogP) is -1.21. The largest absolute Gasteiger partial charge is 0.481 e. The van der Waals surface area contributed by atoms with Crippen molar-refractivity contribution in [2.24, 2.45) is 0 Å². The van der Waals surface area contributed by atoms with Crippen LogP contribution < -0.4 is 5.32 Å². The maximum atomic E-state index is 10.0. The Hall–Kier alpha value is -0.650. The second kappa shape index (κ2) is 5.08. The summed E-state index contributed by atoms with van der Waals surface area (Å²) < 4.78 is 0. The molecule has 0 saturated heterocycles. The van der Waals surface area contributed by atoms with E-state index in [9.17, 15) is 9.90 Å². The van der Waals surface area contributed by atoms with Crippen LogP contribution in [0.1, 0.15) is 13.3 Å². The van der Waals surface area contributed by atoms with Crippen LogP contribution in [0.25, 0.3) is 0 Å². The van der Waals surface area contributed by atoms with Gasteiger partial charge in [0.2, 0.25) is 0 Å². The van der Waals surface area contributed by atoms with Crippen molar-refractivity contribution < 1.29 is 20.1 Å². The predicted molar refractivity (Wildman–Crippen MR) is 42.8 cm³/mol. The Morgan fingerprint density at radius 1 is 1.58 bits per heavy atom. The summed E-state index contributed by atoms with van der Waals surface area (Å²) in [7, 11) is 0. The SMILES string of the molecule is CC(O)(CO)CNCCC(=O)O. The molecule has 5 heteroatoms. The molecule has 5 nitrogen and oxygen atoms in total. The average molecular weight is 177 g/mol. The first-order valence-corrected chi connectivity index (χ1v) is 3.74. The fraction of sp³-hybridized carbons (Fsp3) is 0.857. The zero-order chi connectivity index (χ0) is 9.61. The molecule has 0 aromatic heterocycles. The standard InChI is InChI=1S/C7H15NO4/c1-7(12,5-9)4-8-3-2-6(10)11/h8-9,12H,2-5H2,1H3,(H,10,11). The molecule has 1 atom stereocenters. The Labute approximate surface area is 71.0 Å². The molecular formula is C7H15NO4. The molecule has 0 heterocycles. The summed E-state index contributed by atoms with van der Waals surface area (Å²) in [6.45, 7) is 1.62. The van der Waals surface area contributed by atoms with E-state index in [0.717, 1.165) is 0 Å². The molecule has 0 rings (SSSR count). The smallest absolute Gasteiger partial charge is 0.304 e. The lowest BCUT2D eigenvalue weighted by molar-refractivity contribution is -0.136. The summed E-state index contributed by atoms with van der Waals surface area (Å²) >= 11 is 0. The first kappa shape index (κ1) is 11.4. The van der Waals surface area contributed by atoms with Crippen molar-refractivity contribution in [3.63, 3.8) is 0 Å². The van der Waals surface area contributed by atoms with Crippen LogP contribution in [0.4, 0.5) is 0 Å². The van der Waals surface area contributed by atoms with Crippen LogP contribution >= 0.6 is 0 Å². The van der Waals surface area contributed by atoms with Gasteiger partial charge in [-0.2, -0.15) is 0 Å². The van der Waals surface area contributed by atoms with Crippen molar-refractivity contribution in [2.45, 2.75) is 18.9 Å². The van der Waals surface area contributed by atoms with E-state index in [0.29, 0.717) is 6.54 Å². The van der Waals surface area contributed by atoms with Crippen molar-refractivity contribution >= 4 is 5.97 Å². The second-order valence-corrected chi connectivity index (χ2v) is 2.98. The van der Waals surface area contributed by atoms with Gasteiger partial charge < -0.3 is 20.6 Å². The number of aliphatic hydroxyl groups excluding tert-OH is 1. The van der Waals surface area contributed by atoms with Crippen LogP contribution in [0, 0.1) is 0 Å². The Balaban J connectivity index is 3.37. The number of hydrogen-bond acceptors (Lipinski definition) is 4. The number of carbonyl (C=O) groups is 1. The number of aliphatic hydroxyl groups is 2. The van der Waals surface area contributed by atoms with Crippen LogP contribution in [-0.4, -0.2) is 46.6 Å². The number of aliphatic carboxylic acids is 1. The number of rotatable bonds is 6. The van der Waals surface area contributed by atoms with E-state index in [4.69, 9.17) is 10.2 Å². The van der Waals surface area contributed by atoms with Gasteiger partial charge in [-0.3, -0.25) is 4.79 Å². The van der Waals surface area contributed by atoms with Gasteiger partial charge in [0.05, 0.1) is 18.6 Å². The molecule has 0 spiro atoms. The van der Waals surface area contributed by atoms with Crippen LogP contribution in [0.2, 0.25) is 0 Å². The minimum atomic E-state index is -1.17. The summed E-state index contributed by atoms with van der Waals surface area (Å²) in [4.78, 5) is 10.0. The molecule has 1 unspecified atom stereocenters. The third kappa shape index (κ3) is 6.09. The second-order valence-electron chi connectivity index (χ2n) is 2.98. The van der Waals surface area contributed by atoms with Crippen molar-refractivity contribution in [3.05, 3.63) is 0 Å². The van der Waals surface area contributed by atoms with Gasteiger partial charge in [-0.15, -0.1) is 0 Å². The third-order valence-corrected chi connectivity index (χ3v) is 1.36. The van der Waals surface area contributed by atoms with Gasteiger partial charge in [0.25, 0.3) is 0 Å². The summed E-state index contributed by atoms with van der Waals surface area (Å²) in [6.07, 6.45) is 0.0154. The van der Waals surface area contributed by atoms with Gasteiger partial charge in [-0.25, -0.2) is 0 Å². The van der Waals surface area contributed by atoms with E-state index in [1.807, 2.05) is 0 Å². The van der Waals surface area contributed by atoms with Crippen molar-refractivity contribution in [2.75, 3.05) is 19.7 Å². The highest BCUT2D eigenvalue weighted by Crippen LogP contribution is 1.97. The lowest BCUT2D eigenvalue weighted by Crippen LogP contribution is -2.41.